The van der Waals surface area contributed by atoms with E-state index in [4.69, 9.17) is 9.47 Å². The SMILES string of the molecule is CCCCCCCCCCCCC1OC1CCCCCCCC(=O)OCC. The Bertz CT molecular complexity index is 343. The topological polar surface area (TPSA) is 38.8 Å². The highest BCUT2D eigenvalue weighted by atomic mass is 16.6. The summed E-state index contributed by atoms with van der Waals surface area (Å²) in [7, 11) is 0. The summed E-state index contributed by atoms with van der Waals surface area (Å²) in [6.45, 7) is 4.65. The fourth-order valence-electron chi connectivity index (χ4n) is 3.90. The first kappa shape index (κ1) is 24.5. The van der Waals surface area contributed by atoms with E-state index in [1.54, 1.807) is 0 Å². The van der Waals surface area contributed by atoms with Crippen molar-refractivity contribution < 1.29 is 14.3 Å². The third kappa shape index (κ3) is 15.1. The Morgan fingerprint density at radius 3 is 1.59 bits per heavy atom. The normalized spacial score (nSPS) is 18.6. The molecule has 0 aromatic rings. The molecule has 3 nitrogen and oxygen atoms in total. The van der Waals surface area contributed by atoms with Crippen LogP contribution in [-0.2, 0) is 14.3 Å². The van der Waals surface area contributed by atoms with Gasteiger partial charge >= 0.3 is 5.97 Å². The molecule has 27 heavy (non-hydrogen) atoms. The minimum absolute atomic E-state index is 0.0429. The highest BCUT2D eigenvalue weighted by Gasteiger charge is 2.36. The summed E-state index contributed by atoms with van der Waals surface area (Å²) in [4.78, 5) is 11.2. The van der Waals surface area contributed by atoms with E-state index < -0.39 is 0 Å². The van der Waals surface area contributed by atoms with Crippen molar-refractivity contribution in [3.05, 3.63) is 0 Å². The molecular weight excluding hydrogens is 336 g/mol. The lowest BCUT2D eigenvalue weighted by atomic mass is 10.0. The molecular formula is C24H46O3. The molecule has 1 aliphatic heterocycles. The summed E-state index contributed by atoms with van der Waals surface area (Å²) in [6.07, 6.45) is 24.2. The second kappa shape index (κ2) is 17.5. The van der Waals surface area contributed by atoms with E-state index in [0.29, 0.717) is 25.2 Å². The molecule has 1 aliphatic rings. The van der Waals surface area contributed by atoms with E-state index in [1.807, 2.05) is 6.92 Å². The first-order valence-corrected chi connectivity index (χ1v) is 12.1. The van der Waals surface area contributed by atoms with Crippen molar-refractivity contribution >= 4 is 5.97 Å². The lowest BCUT2D eigenvalue weighted by Crippen LogP contribution is -2.03. The van der Waals surface area contributed by atoms with Crippen LogP contribution in [-0.4, -0.2) is 24.8 Å². The van der Waals surface area contributed by atoms with Crippen molar-refractivity contribution in [2.75, 3.05) is 6.61 Å². The number of carbonyl (C=O) groups excluding carboxylic acids is 1. The minimum atomic E-state index is -0.0429. The zero-order chi connectivity index (χ0) is 19.6. The van der Waals surface area contributed by atoms with Crippen LogP contribution in [0.5, 0.6) is 0 Å². The third-order valence-corrected chi connectivity index (χ3v) is 5.70. The molecule has 0 N–H and O–H groups in total. The largest absolute Gasteiger partial charge is 0.466 e. The van der Waals surface area contributed by atoms with Gasteiger partial charge in [-0.05, 0) is 26.2 Å². The predicted octanol–water partition coefficient (Wildman–Crippen LogP) is 7.36. The average molecular weight is 383 g/mol. The molecule has 0 saturated carbocycles. The molecule has 3 heteroatoms. The summed E-state index contributed by atoms with van der Waals surface area (Å²) < 4.78 is 10.8. The summed E-state index contributed by atoms with van der Waals surface area (Å²) in [5, 5.41) is 0. The van der Waals surface area contributed by atoms with E-state index in [9.17, 15) is 4.79 Å². The lowest BCUT2D eigenvalue weighted by Gasteiger charge is -2.02. The van der Waals surface area contributed by atoms with Crippen molar-refractivity contribution in [2.45, 2.75) is 142 Å². The van der Waals surface area contributed by atoms with E-state index in [-0.39, 0.29) is 5.97 Å². The maximum absolute atomic E-state index is 11.2. The van der Waals surface area contributed by atoms with Crippen molar-refractivity contribution in [3.63, 3.8) is 0 Å². The van der Waals surface area contributed by atoms with E-state index >= 15 is 0 Å². The van der Waals surface area contributed by atoms with Crippen LogP contribution in [0.3, 0.4) is 0 Å². The quantitative estimate of drug-likeness (QED) is 0.125. The molecule has 1 rings (SSSR count). The molecule has 0 aliphatic carbocycles. The van der Waals surface area contributed by atoms with Crippen LogP contribution in [0.4, 0.5) is 0 Å². The van der Waals surface area contributed by atoms with Crippen LogP contribution >= 0.6 is 0 Å². The molecule has 0 bridgehead atoms. The Morgan fingerprint density at radius 2 is 1.11 bits per heavy atom. The summed E-state index contributed by atoms with van der Waals surface area (Å²) in [5.41, 5.74) is 0. The van der Waals surface area contributed by atoms with Gasteiger partial charge in [0.05, 0.1) is 18.8 Å². The lowest BCUT2D eigenvalue weighted by molar-refractivity contribution is -0.143. The fourth-order valence-corrected chi connectivity index (χ4v) is 3.90. The molecule has 1 fully saturated rings. The molecule has 1 heterocycles. The zero-order valence-corrected chi connectivity index (χ0v) is 18.3. The molecule has 0 amide bonds. The zero-order valence-electron chi connectivity index (χ0n) is 18.3. The Labute approximate surface area is 169 Å². The number of unbranched alkanes of at least 4 members (excludes halogenated alkanes) is 13. The van der Waals surface area contributed by atoms with Crippen molar-refractivity contribution in [3.8, 4) is 0 Å². The first-order valence-electron chi connectivity index (χ1n) is 12.1. The Balaban J connectivity index is 1.74. The van der Waals surface area contributed by atoms with Gasteiger partial charge in [0.1, 0.15) is 0 Å². The number of esters is 1. The minimum Gasteiger partial charge on any atom is -0.466 e. The Hall–Kier alpha value is -0.570. The number of ether oxygens (including phenoxy) is 2. The monoisotopic (exact) mass is 382 g/mol. The number of hydrogen-bond donors (Lipinski definition) is 0. The molecule has 0 radical (unpaired) electrons. The van der Waals surface area contributed by atoms with Gasteiger partial charge in [-0.15, -0.1) is 0 Å². The summed E-state index contributed by atoms with van der Waals surface area (Å²) in [5.74, 6) is -0.0429. The highest BCUT2D eigenvalue weighted by molar-refractivity contribution is 5.69. The van der Waals surface area contributed by atoms with Gasteiger partial charge in [0.2, 0.25) is 0 Å². The second-order valence-corrected chi connectivity index (χ2v) is 8.30. The van der Waals surface area contributed by atoms with Gasteiger partial charge in [0, 0.05) is 6.42 Å². The van der Waals surface area contributed by atoms with E-state index in [0.717, 1.165) is 12.8 Å². The highest BCUT2D eigenvalue weighted by Crippen LogP contribution is 2.31. The molecule has 0 spiro atoms. The maximum atomic E-state index is 11.2. The van der Waals surface area contributed by atoms with Gasteiger partial charge < -0.3 is 9.47 Å². The molecule has 2 atom stereocenters. The number of epoxide rings is 1. The molecule has 1 saturated heterocycles. The third-order valence-electron chi connectivity index (χ3n) is 5.70. The number of carbonyl (C=O) groups is 1. The van der Waals surface area contributed by atoms with E-state index in [1.165, 1.54) is 96.3 Å². The molecule has 160 valence electrons. The van der Waals surface area contributed by atoms with Crippen LogP contribution < -0.4 is 0 Å². The predicted molar refractivity (Wildman–Crippen MR) is 114 cm³/mol. The first-order chi connectivity index (χ1) is 13.3. The van der Waals surface area contributed by atoms with Crippen LogP contribution in [0, 0.1) is 0 Å². The maximum Gasteiger partial charge on any atom is 0.305 e. The van der Waals surface area contributed by atoms with Gasteiger partial charge in [-0.1, -0.05) is 96.8 Å². The summed E-state index contributed by atoms with van der Waals surface area (Å²) >= 11 is 0. The molecule has 0 aromatic heterocycles. The van der Waals surface area contributed by atoms with Crippen LogP contribution in [0.25, 0.3) is 0 Å². The van der Waals surface area contributed by atoms with Crippen molar-refractivity contribution in [2.24, 2.45) is 0 Å². The van der Waals surface area contributed by atoms with Gasteiger partial charge in [-0.2, -0.15) is 0 Å². The van der Waals surface area contributed by atoms with Gasteiger partial charge in [-0.3, -0.25) is 4.79 Å². The Morgan fingerprint density at radius 1 is 0.667 bits per heavy atom. The van der Waals surface area contributed by atoms with Crippen LogP contribution in [0.15, 0.2) is 0 Å². The summed E-state index contributed by atoms with van der Waals surface area (Å²) in [6, 6.07) is 0. The average Bonchev–Trinajstić information content (AvgIpc) is 3.41. The van der Waals surface area contributed by atoms with Gasteiger partial charge in [-0.25, -0.2) is 0 Å². The molecule has 0 aromatic carbocycles. The van der Waals surface area contributed by atoms with E-state index in [2.05, 4.69) is 6.92 Å². The van der Waals surface area contributed by atoms with Gasteiger partial charge in [0.15, 0.2) is 0 Å². The fraction of sp³-hybridized carbons (Fsp3) is 0.958. The second-order valence-electron chi connectivity index (χ2n) is 8.30. The van der Waals surface area contributed by atoms with Crippen LogP contribution in [0.1, 0.15) is 129 Å². The smallest absolute Gasteiger partial charge is 0.305 e. The molecule has 2 unspecified atom stereocenters. The standard InChI is InChI=1S/C24H46O3/c1-3-5-6-7-8-9-10-11-13-16-19-22-23(27-22)20-17-14-12-15-18-21-24(25)26-4-2/h22-23H,3-21H2,1-2H3. The van der Waals surface area contributed by atoms with Crippen molar-refractivity contribution in [1.82, 2.24) is 0 Å². The van der Waals surface area contributed by atoms with Crippen LogP contribution in [0.2, 0.25) is 0 Å². The number of hydrogen-bond acceptors (Lipinski definition) is 3. The number of rotatable bonds is 20. The van der Waals surface area contributed by atoms with Gasteiger partial charge in [0.25, 0.3) is 0 Å². The van der Waals surface area contributed by atoms with Crippen molar-refractivity contribution in [1.29, 1.82) is 0 Å². The Kier molecular flexibility index (Phi) is 15.9.